The van der Waals surface area contributed by atoms with E-state index in [0.717, 1.165) is 36.0 Å². The lowest BCUT2D eigenvalue weighted by Crippen LogP contribution is -2.53. The normalized spacial score (nSPS) is 14.3. The molecule has 0 radical (unpaired) electrons. The Morgan fingerprint density at radius 2 is 1.72 bits per heavy atom. The fourth-order valence-corrected chi connectivity index (χ4v) is 4.15. The third kappa shape index (κ3) is 6.77. The molecule has 1 aliphatic rings. The van der Waals surface area contributed by atoms with E-state index in [4.69, 9.17) is 9.47 Å². The second kappa shape index (κ2) is 11.5. The molecule has 0 aromatic heterocycles. The van der Waals surface area contributed by atoms with Gasteiger partial charge in [0.25, 0.3) is 5.91 Å². The molecule has 2 N–H and O–H groups in total. The predicted octanol–water partition coefficient (Wildman–Crippen LogP) is 4.90. The van der Waals surface area contributed by atoms with E-state index in [1.807, 2.05) is 32.0 Å². The lowest BCUT2D eigenvalue weighted by atomic mass is 9.87. The van der Waals surface area contributed by atoms with Gasteiger partial charge in [0, 0.05) is 11.7 Å². The molecule has 0 heterocycles. The highest BCUT2D eigenvalue weighted by atomic mass is 16.6. The highest BCUT2D eigenvalue weighted by molar-refractivity contribution is 5.98. The van der Waals surface area contributed by atoms with Crippen LogP contribution in [-0.4, -0.2) is 48.1 Å². The molecular weight excluding hydrogens is 458 g/mol. The number of alkyl carbamates (subject to hydrolysis) is 1. The molecule has 1 saturated carbocycles. The molecule has 3 amide bonds. The molecule has 2 aromatic carbocycles. The minimum absolute atomic E-state index is 0.0931. The van der Waals surface area contributed by atoms with Crippen molar-refractivity contribution >= 4 is 23.6 Å². The van der Waals surface area contributed by atoms with Gasteiger partial charge >= 0.3 is 6.09 Å². The Labute approximate surface area is 213 Å². The smallest absolute Gasteiger partial charge is 0.408 e. The highest BCUT2D eigenvalue weighted by Gasteiger charge is 2.39. The fraction of sp³-hybridized carbons (Fsp3) is 0.464. The molecule has 1 atom stereocenters. The van der Waals surface area contributed by atoms with Crippen molar-refractivity contribution in [2.75, 3.05) is 19.0 Å². The van der Waals surface area contributed by atoms with Gasteiger partial charge in [-0.25, -0.2) is 4.79 Å². The van der Waals surface area contributed by atoms with Gasteiger partial charge in [-0.1, -0.05) is 18.2 Å². The molecule has 8 heteroatoms. The van der Waals surface area contributed by atoms with E-state index in [2.05, 4.69) is 10.6 Å². The van der Waals surface area contributed by atoms with Crippen LogP contribution in [-0.2, 0) is 14.3 Å². The summed E-state index contributed by atoms with van der Waals surface area (Å²) in [4.78, 5) is 41.2. The molecule has 1 fully saturated rings. The number of hydrogen-bond donors (Lipinski definition) is 2. The van der Waals surface area contributed by atoms with Crippen molar-refractivity contribution in [1.29, 1.82) is 0 Å². The van der Waals surface area contributed by atoms with Crippen molar-refractivity contribution < 1.29 is 23.9 Å². The molecule has 0 aliphatic heterocycles. The number of nitrogens with zero attached hydrogens (tertiary/aromatic N) is 1. The summed E-state index contributed by atoms with van der Waals surface area (Å²) in [6.45, 7) is 8.96. The van der Waals surface area contributed by atoms with E-state index in [9.17, 15) is 14.4 Å². The maximum absolute atomic E-state index is 13.8. The van der Waals surface area contributed by atoms with Gasteiger partial charge in [0.1, 0.15) is 23.9 Å². The topological polar surface area (TPSA) is 97.0 Å². The first kappa shape index (κ1) is 27.0. The summed E-state index contributed by atoms with van der Waals surface area (Å²) in [5, 5.41) is 5.53. The number of rotatable bonds is 8. The molecule has 2 aromatic rings. The van der Waals surface area contributed by atoms with E-state index in [1.165, 1.54) is 0 Å². The Kier molecular flexibility index (Phi) is 8.61. The first-order chi connectivity index (χ1) is 17.0. The van der Waals surface area contributed by atoms with Gasteiger partial charge in [-0.3, -0.25) is 9.59 Å². The zero-order chi connectivity index (χ0) is 26.5. The number of amides is 3. The molecule has 0 spiro atoms. The molecule has 36 heavy (non-hydrogen) atoms. The van der Waals surface area contributed by atoms with Crippen LogP contribution in [0.15, 0.2) is 42.5 Å². The third-order valence-corrected chi connectivity index (χ3v) is 6.36. The van der Waals surface area contributed by atoms with Crippen LogP contribution in [0.3, 0.4) is 0 Å². The quantitative estimate of drug-likeness (QED) is 0.543. The molecule has 3 rings (SSSR count). The Morgan fingerprint density at radius 1 is 1.06 bits per heavy atom. The summed E-state index contributed by atoms with van der Waals surface area (Å²) in [6.07, 6.45) is 1.91. The van der Waals surface area contributed by atoms with Gasteiger partial charge in [-0.05, 0) is 94.8 Å². The Bertz CT molecular complexity index is 1090. The molecule has 8 nitrogen and oxygen atoms in total. The number of carbonyl (C=O) groups is 3. The van der Waals surface area contributed by atoms with Crippen molar-refractivity contribution in [2.45, 2.75) is 71.6 Å². The molecule has 1 aliphatic carbocycles. The maximum Gasteiger partial charge on any atom is 0.408 e. The van der Waals surface area contributed by atoms with Crippen LogP contribution in [0.1, 0.15) is 62.8 Å². The van der Waals surface area contributed by atoms with E-state index in [-0.39, 0.29) is 24.4 Å². The molecule has 1 unspecified atom stereocenters. The highest BCUT2D eigenvalue weighted by Crippen LogP contribution is 2.35. The molecular formula is C28H37N3O5. The third-order valence-electron chi connectivity index (χ3n) is 6.36. The van der Waals surface area contributed by atoms with Gasteiger partial charge in [0.2, 0.25) is 5.91 Å². The van der Waals surface area contributed by atoms with E-state index in [1.54, 1.807) is 57.0 Å². The Morgan fingerprint density at radius 3 is 2.28 bits per heavy atom. The van der Waals surface area contributed by atoms with Crippen LogP contribution in [0.5, 0.6) is 5.75 Å². The summed E-state index contributed by atoms with van der Waals surface area (Å²) in [7, 11) is 1.58. The molecule has 194 valence electrons. The monoisotopic (exact) mass is 495 g/mol. The minimum atomic E-state index is -0.856. The summed E-state index contributed by atoms with van der Waals surface area (Å²) >= 11 is 0. The lowest BCUT2D eigenvalue weighted by Gasteiger charge is -2.42. The zero-order valence-corrected chi connectivity index (χ0v) is 22.0. The number of ether oxygens (including phenoxy) is 2. The van der Waals surface area contributed by atoms with Crippen molar-refractivity contribution in [2.24, 2.45) is 0 Å². The minimum Gasteiger partial charge on any atom is -0.497 e. The van der Waals surface area contributed by atoms with Crippen molar-refractivity contribution in [3.05, 3.63) is 59.2 Å². The van der Waals surface area contributed by atoms with Gasteiger partial charge in [0.15, 0.2) is 0 Å². The van der Waals surface area contributed by atoms with Crippen molar-refractivity contribution in [3.8, 4) is 5.75 Å². The van der Waals surface area contributed by atoms with E-state index < -0.39 is 17.7 Å². The Hall–Kier alpha value is -3.55. The van der Waals surface area contributed by atoms with Crippen LogP contribution in [0.4, 0.5) is 10.5 Å². The zero-order valence-electron chi connectivity index (χ0n) is 22.0. The van der Waals surface area contributed by atoms with Gasteiger partial charge in [-0.2, -0.15) is 0 Å². The van der Waals surface area contributed by atoms with Crippen molar-refractivity contribution in [3.63, 3.8) is 0 Å². The summed E-state index contributed by atoms with van der Waals surface area (Å²) < 4.78 is 10.5. The first-order valence-electron chi connectivity index (χ1n) is 12.3. The summed E-state index contributed by atoms with van der Waals surface area (Å²) in [6, 6.07) is 11.9. The number of nitrogens with one attached hydrogen (secondary N) is 2. The number of carbonyl (C=O) groups excluding carboxylic acids is 3. The second-order valence-corrected chi connectivity index (χ2v) is 10.2. The van der Waals surface area contributed by atoms with Crippen molar-refractivity contribution in [1.82, 2.24) is 10.2 Å². The second-order valence-electron chi connectivity index (χ2n) is 10.2. The van der Waals surface area contributed by atoms with Gasteiger partial charge < -0.3 is 25.0 Å². The number of benzene rings is 2. The number of anilines is 1. The van der Waals surface area contributed by atoms with E-state index >= 15 is 0 Å². The predicted molar refractivity (Wildman–Crippen MR) is 139 cm³/mol. The van der Waals surface area contributed by atoms with Crippen LogP contribution in [0.2, 0.25) is 0 Å². The maximum atomic E-state index is 13.8. The van der Waals surface area contributed by atoms with Gasteiger partial charge in [0.05, 0.1) is 7.11 Å². The van der Waals surface area contributed by atoms with E-state index in [0.29, 0.717) is 11.4 Å². The van der Waals surface area contributed by atoms with Crippen LogP contribution in [0.25, 0.3) is 0 Å². The van der Waals surface area contributed by atoms with Gasteiger partial charge in [-0.15, -0.1) is 0 Å². The van der Waals surface area contributed by atoms with Crippen LogP contribution >= 0.6 is 0 Å². The number of methoxy groups -OCH3 is 1. The average molecular weight is 496 g/mol. The molecule has 0 bridgehead atoms. The fourth-order valence-electron chi connectivity index (χ4n) is 4.15. The largest absolute Gasteiger partial charge is 0.497 e. The lowest BCUT2D eigenvalue weighted by molar-refractivity contribution is -0.143. The van der Waals surface area contributed by atoms with Crippen LogP contribution < -0.4 is 15.4 Å². The Balaban J connectivity index is 1.92. The number of aryl methyl sites for hydroxylation is 1. The average Bonchev–Trinajstić information content (AvgIpc) is 2.78. The number of hydrogen-bond acceptors (Lipinski definition) is 5. The summed E-state index contributed by atoms with van der Waals surface area (Å²) in [5.74, 6) is 0.0336. The summed E-state index contributed by atoms with van der Waals surface area (Å²) in [5.41, 5.74) is 2.66. The first-order valence-corrected chi connectivity index (χ1v) is 12.3. The standard InChI is InChI=1S/C28H37N3O5/c1-18-9-7-12-23(19(18)2)25(26(33)30-20-13-15-22(35-6)16-14-20)31(21-10-8-11-21)24(32)17-29-27(34)36-28(3,4)5/h7,9,12-16,21,25H,8,10-11,17H2,1-6H3,(H,29,34)(H,30,33). The molecule has 0 saturated heterocycles. The SMILES string of the molecule is COc1ccc(NC(=O)C(c2cccc(C)c2C)N(C(=O)CNC(=O)OC(C)(C)C)C2CCC2)cc1. The van der Waals surface area contributed by atoms with Crippen LogP contribution in [0, 0.1) is 13.8 Å².